The summed E-state index contributed by atoms with van der Waals surface area (Å²) in [6, 6.07) is 0. The molecule has 1 aromatic heterocycles. The molecule has 6 heteroatoms. The smallest absolute Gasteiger partial charge is 0.186 e. The van der Waals surface area contributed by atoms with E-state index in [1.54, 1.807) is 0 Å². The highest BCUT2D eigenvalue weighted by Crippen LogP contribution is 2.17. The summed E-state index contributed by atoms with van der Waals surface area (Å²) in [5.74, 6) is 1.87. The van der Waals surface area contributed by atoms with Gasteiger partial charge in [-0.25, -0.2) is 0 Å². The van der Waals surface area contributed by atoms with Gasteiger partial charge < -0.3 is 5.32 Å². The molecule has 0 radical (unpaired) electrons. The Morgan fingerprint density at radius 2 is 2.42 bits per heavy atom. The fourth-order valence-corrected chi connectivity index (χ4v) is 1.82. The van der Waals surface area contributed by atoms with E-state index >= 15 is 0 Å². The lowest BCUT2D eigenvalue weighted by atomic mass is 10.5. The van der Waals surface area contributed by atoms with Crippen LogP contribution < -0.4 is 5.32 Å². The van der Waals surface area contributed by atoms with Gasteiger partial charge in [0.15, 0.2) is 11.0 Å². The average molecular weight is 224 g/mol. The number of nitrogens with zero attached hydrogens (tertiary/aromatic N) is 2. The molecule has 0 aliphatic carbocycles. The molecular formula is C6H10ClN3S2. The van der Waals surface area contributed by atoms with Gasteiger partial charge in [0.05, 0.1) is 11.7 Å². The highest BCUT2D eigenvalue weighted by molar-refractivity contribution is 7.98. The van der Waals surface area contributed by atoms with Crippen LogP contribution in [0, 0.1) is 0 Å². The van der Waals surface area contributed by atoms with Crippen molar-refractivity contribution in [1.82, 2.24) is 8.75 Å². The summed E-state index contributed by atoms with van der Waals surface area (Å²) in [6.45, 7) is 0.909. The predicted octanol–water partition coefficient (Wildman–Crippen LogP) is 2.36. The van der Waals surface area contributed by atoms with E-state index in [1.807, 2.05) is 11.8 Å². The largest absolute Gasteiger partial charge is 0.367 e. The van der Waals surface area contributed by atoms with Crippen molar-refractivity contribution < 1.29 is 0 Å². The van der Waals surface area contributed by atoms with Crippen molar-refractivity contribution in [1.29, 1.82) is 0 Å². The van der Waals surface area contributed by atoms with Crippen molar-refractivity contribution in [2.45, 2.75) is 6.42 Å². The van der Waals surface area contributed by atoms with Gasteiger partial charge in [0, 0.05) is 6.54 Å². The third kappa shape index (κ3) is 3.16. The molecular weight excluding hydrogens is 214 g/mol. The fourth-order valence-electron chi connectivity index (χ4n) is 0.706. The maximum atomic E-state index is 5.72. The molecule has 0 saturated carbocycles. The van der Waals surface area contributed by atoms with E-state index in [9.17, 15) is 0 Å². The van der Waals surface area contributed by atoms with Gasteiger partial charge in [-0.1, -0.05) is 11.6 Å². The van der Waals surface area contributed by atoms with Gasteiger partial charge in [-0.15, -0.1) is 0 Å². The van der Waals surface area contributed by atoms with Gasteiger partial charge in [0.25, 0.3) is 0 Å². The molecule has 0 bridgehead atoms. The number of hydrogen-bond acceptors (Lipinski definition) is 5. The van der Waals surface area contributed by atoms with Crippen LogP contribution in [0.25, 0.3) is 0 Å². The molecule has 1 heterocycles. The van der Waals surface area contributed by atoms with Gasteiger partial charge >= 0.3 is 0 Å². The molecule has 0 atom stereocenters. The van der Waals surface area contributed by atoms with E-state index in [0.29, 0.717) is 11.0 Å². The lowest BCUT2D eigenvalue weighted by Crippen LogP contribution is -2.02. The normalized spacial score (nSPS) is 10.2. The molecule has 0 aliphatic rings. The third-order valence-electron chi connectivity index (χ3n) is 1.27. The summed E-state index contributed by atoms with van der Waals surface area (Å²) in [7, 11) is 0. The molecule has 0 aromatic carbocycles. The van der Waals surface area contributed by atoms with Gasteiger partial charge in [-0.05, 0) is 18.4 Å². The number of aromatic nitrogens is 2. The van der Waals surface area contributed by atoms with Gasteiger partial charge in [-0.2, -0.15) is 20.5 Å². The molecule has 1 aromatic rings. The number of anilines is 1. The number of thioether (sulfide) groups is 1. The van der Waals surface area contributed by atoms with Crippen molar-refractivity contribution in [3.8, 4) is 0 Å². The molecule has 0 amide bonds. The first kappa shape index (κ1) is 10.1. The zero-order chi connectivity index (χ0) is 8.81. The minimum absolute atomic E-state index is 0.476. The zero-order valence-corrected chi connectivity index (χ0v) is 9.10. The van der Waals surface area contributed by atoms with Crippen molar-refractivity contribution in [2.75, 3.05) is 23.9 Å². The van der Waals surface area contributed by atoms with Crippen LogP contribution in [0.1, 0.15) is 6.42 Å². The van der Waals surface area contributed by atoms with E-state index in [4.69, 9.17) is 11.6 Å². The Balaban J connectivity index is 2.20. The van der Waals surface area contributed by atoms with Crippen molar-refractivity contribution in [3.63, 3.8) is 0 Å². The summed E-state index contributed by atoms with van der Waals surface area (Å²) >= 11 is 8.69. The Kier molecular flexibility index (Phi) is 4.72. The summed E-state index contributed by atoms with van der Waals surface area (Å²) in [4.78, 5) is 0. The SMILES string of the molecule is CSCCCNc1nsnc1Cl. The quantitative estimate of drug-likeness (QED) is 0.778. The van der Waals surface area contributed by atoms with Crippen LogP contribution in [-0.2, 0) is 0 Å². The summed E-state index contributed by atoms with van der Waals surface area (Å²) in [5, 5.41) is 3.60. The van der Waals surface area contributed by atoms with Crippen LogP contribution in [0.2, 0.25) is 5.15 Å². The number of halogens is 1. The Morgan fingerprint density at radius 3 is 3.00 bits per heavy atom. The number of nitrogens with one attached hydrogen (secondary N) is 1. The second kappa shape index (κ2) is 5.61. The maximum absolute atomic E-state index is 5.72. The van der Waals surface area contributed by atoms with Crippen LogP contribution in [0.15, 0.2) is 0 Å². The van der Waals surface area contributed by atoms with Gasteiger partial charge in [0.1, 0.15) is 0 Å². The molecule has 12 heavy (non-hydrogen) atoms. The highest BCUT2D eigenvalue weighted by Gasteiger charge is 2.02. The van der Waals surface area contributed by atoms with Crippen LogP contribution in [0.3, 0.4) is 0 Å². The van der Waals surface area contributed by atoms with E-state index in [-0.39, 0.29) is 0 Å². The first-order chi connectivity index (χ1) is 5.84. The second-order valence-electron chi connectivity index (χ2n) is 2.18. The van der Waals surface area contributed by atoms with Crippen molar-refractivity contribution in [2.24, 2.45) is 0 Å². The van der Waals surface area contributed by atoms with Crippen LogP contribution in [0.5, 0.6) is 0 Å². The molecule has 1 N–H and O–H groups in total. The topological polar surface area (TPSA) is 37.8 Å². The molecule has 0 fully saturated rings. The Labute approximate surface area is 85.2 Å². The average Bonchev–Trinajstić information content (AvgIpc) is 2.46. The van der Waals surface area contributed by atoms with Crippen LogP contribution in [-0.4, -0.2) is 27.3 Å². The first-order valence-corrected chi connectivity index (χ1v) is 6.05. The van der Waals surface area contributed by atoms with Crippen molar-refractivity contribution in [3.05, 3.63) is 5.15 Å². The Morgan fingerprint density at radius 1 is 1.58 bits per heavy atom. The maximum Gasteiger partial charge on any atom is 0.186 e. The van der Waals surface area contributed by atoms with Crippen LogP contribution in [0.4, 0.5) is 5.82 Å². The van der Waals surface area contributed by atoms with Gasteiger partial charge in [-0.3, -0.25) is 0 Å². The molecule has 68 valence electrons. The third-order valence-corrected chi connectivity index (χ3v) is 2.86. The van der Waals surface area contributed by atoms with E-state index < -0.39 is 0 Å². The standard InChI is InChI=1S/C6H10ClN3S2/c1-11-4-2-3-8-6-5(7)9-12-10-6/h2-4H2,1H3,(H,8,10). The zero-order valence-electron chi connectivity index (χ0n) is 6.71. The Hall–Kier alpha value is -0.0000000000000000555. The summed E-state index contributed by atoms with van der Waals surface area (Å²) in [6.07, 6.45) is 3.21. The predicted molar refractivity (Wildman–Crippen MR) is 56.4 cm³/mol. The van der Waals surface area contributed by atoms with E-state index in [2.05, 4.69) is 20.3 Å². The molecule has 3 nitrogen and oxygen atoms in total. The summed E-state index contributed by atoms with van der Waals surface area (Å²) in [5.41, 5.74) is 0. The fraction of sp³-hybridized carbons (Fsp3) is 0.667. The first-order valence-electron chi connectivity index (χ1n) is 3.55. The highest BCUT2D eigenvalue weighted by atomic mass is 35.5. The molecule has 0 unspecified atom stereocenters. The monoisotopic (exact) mass is 223 g/mol. The minimum Gasteiger partial charge on any atom is -0.367 e. The lowest BCUT2D eigenvalue weighted by molar-refractivity contribution is 0.987. The number of hydrogen-bond donors (Lipinski definition) is 1. The summed E-state index contributed by atoms with van der Waals surface area (Å²) < 4.78 is 7.84. The molecule has 0 saturated heterocycles. The van der Waals surface area contributed by atoms with Crippen molar-refractivity contribution >= 4 is 40.9 Å². The van der Waals surface area contributed by atoms with E-state index in [0.717, 1.165) is 30.4 Å². The minimum atomic E-state index is 0.476. The number of rotatable bonds is 5. The molecule has 0 spiro atoms. The van der Waals surface area contributed by atoms with E-state index in [1.165, 1.54) is 0 Å². The molecule has 0 aliphatic heterocycles. The molecule has 1 rings (SSSR count). The Bertz CT molecular complexity index is 228. The second-order valence-corrected chi connectivity index (χ2v) is 4.05. The van der Waals surface area contributed by atoms with Gasteiger partial charge in [0.2, 0.25) is 0 Å². The lowest BCUT2D eigenvalue weighted by Gasteiger charge is -2.00. The van der Waals surface area contributed by atoms with Crippen LogP contribution >= 0.6 is 35.1 Å².